The highest BCUT2D eigenvalue weighted by Crippen LogP contribution is 2.34. The minimum Gasteiger partial charge on any atom is -0.479 e. The molecule has 1 fully saturated rings. The fourth-order valence-electron chi connectivity index (χ4n) is 2.19. The number of nitrogens with zero attached hydrogens (tertiary/aromatic N) is 4. The molecule has 1 aliphatic heterocycles. The van der Waals surface area contributed by atoms with Crippen molar-refractivity contribution in [3.05, 3.63) is 12.7 Å². The lowest BCUT2D eigenvalue weighted by Crippen LogP contribution is -2.20. The van der Waals surface area contributed by atoms with Crippen molar-refractivity contribution in [1.82, 2.24) is 19.5 Å². The molecule has 3 rings (SSSR count). The van der Waals surface area contributed by atoms with Gasteiger partial charge in [-0.3, -0.25) is 4.57 Å². The van der Waals surface area contributed by atoms with Crippen LogP contribution in [0.15, 0.2) is 12.7 Å². The number of aliphatic carboxylic acids is 1. The number of alkyl halides is 1. The predicted octanol–water partition coefficient (Wildman–Crippen LogP) is 1.57. The van der Waals surface area contributed by atoms with Gasteiger partial charge in [0.15, 0.2) is 23.5 Å². The Morgan fingerprint density at radius 1 is 1.45 bits per heavy atom. The van der Waals surface area contributed by atoms with E-state index in [4.69, 9.17) is 14.6 Å². The molecule has 120 valence electrons. The number of carboxylic acids is 1. The molecular formula is C13H17FN4O4. The van der Waals surface area contributed by atoms with Crippen molar-refractivity contribution in [2.24, 2.45) is 0 Å². The van der Waals surface area contributed by atoms with Crippen molar-refractivity contribution in [3.8, 4) is 5.88 Å². The Balaban J connectivity index is 0.000000847. The number of halogens is 1. The summed E-state index contributed by atoms with van der Waals surface area (Å²) in [6.45, 7) is 4.00. The second kappa shape index (κ2) is 6.65. The molecule has 3 atom stereocenters. The average Bonchev–Trinajstić information content (AvgIpc) is 3.12. The SMILES string of the molecule is CC.COc1ncnc2c1ncn2C1OC(C(=O)O)CC1F. The van der Waals surface area contributed by atoms with E-state index in [1.165, 1.54) is 24.3 Å². The molecule has 0 radical (unpaired) electrons. The van der Waals surface area contributed by atoms with E-state index in [9.17, 15) is 9.18 Å². The average molecular weight is 312 g/mol. The molecule has 1 N–H and O–H groups in total. The van der Waals surface area contributed by atoms with Crippen LogP contribution in [0.25, 0.3) is 11.2 Å². The Morgan fingerprint density at radius 3 is 2.77 bits per heavy atom. The molecule has 8 nitrogen and oxygen atoms in total. The third-order valence-electron chi connectivity index (χ3n) is 3.12. The molecule has 0 spiro atoms. The van der Waals surface area contributed by atoms with Crippen LogP contribution < -0.4 is 4.74 Å². The van der Waals surface area contributed by atoms with Gasteiger partial charge in [-0.2, -0.15) is 4.98 Å². The topological polar surface area (TPSA) is 99.4 Å². The summed E-state index contributed by atoms with van der Waals surface area (Å²) in [5, 5.41) is 8.88. The largest absolute Gasteiger partial charge is 0.479 e. The Hall–Kier alpha value is -2.29. The van der Waals surface area contributed by atoms with Gasteiger partial charge in [-0.05, 0) is 0 Å². The highest BCUT2D eigenvalue weighted by Gasteiger charge is 2.41. The van der Waals surface area contributed by atoms with Crippen molar-refractivity contribution in [2.45, 2.75) is 38.8 Å². The first-order chi connectivity index (χ1) is 10.6. The van der Waals surface area contributed by atoms with E-state index in [1.807, 2.05) is 13.8 Å². The minimum absolute atomic E-state index is 0.206. The molecule has 22 heavy (non-hydrogen) atoms. The van der Waals surface area contributed by atoms with E-state index >= 15 is 0 Å². The van der Waals surface area contributed by atoms with Crippen molar-refractivity contribution in [3.63, 3.8) is 0 Å². The third-order valence-corrected chi connectivity index (χ3v) is 3.12. The molecule has 3 heterocycles. The molecular weight excluding hydrogens is 295 g/mol. The highest BCUT2D eigenvalue weighted by atomic mass is 19.1. The zero-order valence-corrected chi connectivity index (χ0v) is 12.4. The van der Waals surface area contributed by atoms with E-state index in [0.717, 1.165) is 0 Å². The number of aromatic nitrogens is 4. The molecule has 3 unspecified atom stereocenters. The summed E-state index contributed by atoms with van der Waals surface area (Å²) < 4.78 is 25.6. The number of hydrogen-bond donors (Lipinski definition) is 1. The number of rotatable bonds is 3. The first-order valence-corrected chi connectivity index (χ1v) is 6.85. The third kappa shape index (κ3) is 2.71. The molecule has 1 saturated heterocycles. The summed E-state index contributed by atoms with van der Waals surface area (Å²) in [6, 6.07) is 0. The lowest BCUT2D eigenvalue weighted by Gasteiger charge is -2.14. The summed E-state index contributed by atoms with van der Waals surface area (Å²) in [5.74, 6) is -0.927. The number of carboxylic acid groups (broad SMARTS) is 1. The summed E-state index contributed by atoms with van der Waals surface area (Å²) in [4.78, 5) is 22.8. The van der Waals surface area contributed by atoms with Gasteiger partial charge in [0, 0.05) is 6.42 Å². The van der Waals surface area contributed by atoms with Crippen LogP contribution >= 0.6 is 0 Å². The lowest BCUT2D eigenvalue weighted by atomic mass is 10.2. The second-order valence-electron chi connectivity index (χ2n) is 4.31. The van der Waals surface area contributed by atoms with E-state index in [0.29, 0.717) is 11.2 Å². The number of carbonyl (C=O) groups is 1. The van der Waals surface area contributed by atoms with Gasteiger partial charge in [0.05, 0.1) is 13.4 Å². The van der Waals surface area contributed by atoms with Crippen molar-refractivity contribution >= 4 is 17.1 Å². The number of ether oxygens (including phenoxy) is 2. The van der Waals surface area contributed by atoms with Crippen LogP contribution in [0.1, 0.15) is 26.5 Å². The van der Waals surface area contributed by atoms with Crippen molar-refractivity contribution in [2.75, 3.05) is 7.11 Å². The van der Waals surface area contributed by atoms with Crippen LogP contribution in [-0.2, 0) is 9.53 Å². The van der Waals surface area contributed by atoms with E-state index < -0.39 is 24.5 Å². The maximum Gasteiger partial charge on any atom is 0.333 e. The molecule has 0 aromatic carbocycles. The van der Waals surface area contributed by atoms with Gasteiger partial charge in [-0.15, -0.1) is 0 Å². The van der Waals surface area contributed by atoms with Gasteiger partial charge in [0.25, 0.3) is 0 Å². The van der Waals surface area contributed by atoms with Gasteiger partial charge >= 0.3 is 5.97 Å². The van der Waals surface area contributed by atoms with Gasteiger partial charge in [-0.25, -0.2) is 19.2 Å². The Labute approximate surface area is 125 Å². The second-order valence-corrected chi connectivity index (χ2v) is 4.31. The van der Waals surface area contributed by atoms with Crippen molar-refractivity contribution in [1.29, 1.82) is 0 Å². The first-order valence-electron chi connectivity index (χ1n) is 6.85. The van der Waals surface area contributed by atoms with Crippen LogP contribution in [0.2, 0.25) is 0 Å². The smallest absolute Gasteiger partial charge is 0.333 e. The van der Waals surface area contributed by atoms with Crippen LogP contribution in [-0.4, -0.2) is 50.0 Å². The van der Waals surface area contributed by atoms with Crippen LogP contribution in [0.3, 0.4) is 0 Å². The zero-order chi connectivity index (χ0) is 16.3. The predicted molar refractivity (Wildman–Crippen MR) is 74.3 cm³/mol. The maximum atomic E-state index is 14.0. The molecule has 0 aliphatic carbocycles. The number of fused-ring (bicyclic) bond motifs is 1. The molecule has 0 amide bonds. The lowest BCUT2D eigenvalue weighted by molar-refractivity contribution is -0.151. The summed E-state index contributed by atoms with van der Waals surface area (Å²) >= 11 is 0. The zero-order valence-electron chi connectivity index (χ0n) is 12.4. The Kier molecular flexibility index (Phi) is 4.86. The summed E-state index contributed by atoms with van der Waals surface area (Å²) in [5.41, 5.74) is 0.695. The summed E-state index contributed by atoms with van der Waals surface area (Å²) in [6.07, 6.45) is -1.30. The van der Waals surface area contributed by atoms with Crippen LogP contribution in [0.4, 0.5) is 4.39 Å². The van der Waals surface area contributed by atoms with Gasteiger partial charge < -0.3 is 14.6 Å². The molecule has 2 aromatic rings. The maximum absolute atomic E-state index is 14.0. The van der Waals surface area contributed by atoms with Gasteiger partial charge in [0.1, 0.15) is 12.5 Å². The standard InChI is InChI=1S/C11H11FN4O4.C2H6/c1-19-9-7-8(13-3-14-9)16(4-15-7)10-5(12)2-6(20-10)11(17)18;1-2/h3-6,10H,2H2,1H3,(H,17,18);1-2H3. The molecule has 0 bridgehead atoms. The fourth-order valence-corrected chi connectivity index (χ4v) is 2.19. The van der Waals surface area contributed by atoms with E-state index in [2.05, 4.69) is 15.0 Å². The summed E-state index contributed by atoms with van der Waals surface area (Å²) in [7, 11) is 1.44. The van der Waals surface area contributed by atoms with Crippen molar-refractivity contribution < 1.29 is 23.8 Å². The number of hydrogen-bond acceptors (Lipinski definition) is 6. The van der Waals surface area contributed by atoms with Gasteiger partial charge in [-0.1, -0.05) is 13.8 Å². The molecule has 1 aliphatic rings. The highest BCUT2D eigenvalue weighted by molar-refractivity contribution is 5.76. The fraction of sp³-hybridized carbons (Fsp3) is 0.538. The quantitative estimate of drug-likeness (QED) is 0.918. The van der Waals surface area contributed by atoms with E-state index in [1.54, 1.807) is 0 Å². The first kappa shape index (κ1) is 16.1. The monoisotopic (exact) mass is 312 g/mol. The minimum atomic E-state index is -1.45. The Morgan fingerprint density at radius 2 is 2.18 bits per heavy atom. The van der Waals surface area contributed by atoms with Crippen LogP contribution in [0.5, 0.6) is 5.88 Å². The van der Waals surface area contributed by atoms with Gasteiger partial charge in [0.2, 0.25) is 5.88 Å². The van der Waals surface area contributed by atoms with E-state index in [-0.39, 0.29) is 12.3 Å². The number of imidazole rings is 1. The molecule has 2 aromatic heterocycles. The van der Waals surface area contributed by atoms with Crippen LogP contribution in [0, 0.1) is 0 Å². The number of methoxy groups -OCH3 is 1. The Bertz CT molecular complexity index is 663. The molecule has 9 heteroatoms. The normalized spacial score (nSPS) is 23.9. The molecule has 0 saturated carbocycles.